The highest BCUT2D eigenvalue weighted by Gasteiger charge is 2.23. The maximum atomic E-state index is 6.24. The van der Waals surface area contributed by atoms with Crippen molar-refractivity contribution >= 4 is 121 Å². The van der Waals surface area contributed by atoms with Crippen molar-refractivity contribution < 1.29 is 13.3 Å². The molecule has 0 spiro atoms. The average Bonchev–Trinajstić information content (AvgIpc) is 1.75. The lowest BCUT2D eigenvalue weighted by atomic mass is 10.0. The molecule has 0 amide bonds. The Morgan fingerprint density at radius 1 is 0.141 bits per heavy atom. The number of hydrogen-bond donors (Lipinski definition) is 0. The molecule has 18 heteroatoms. The molecular weight excluding hydrogens is 1830 g/mol. The fraction of sp³-hybridized carbons (Fsp3) is 0. The Bertz CT molecular complexity index is 10200. The second-order valence-electron chi connectivity index (χ2n) is 36.5. The van der Waals surface area contributed by atoms with Crippen LogP contribution in [0.2, 0.25) is 0 Å². The number of aromatic nitrogens is 15. The van der Waals surface area contributed by atoms with Crippen LogP contribution in [-0.4, -0.2) is 74.8 Å². The van der Waals surface area contributed by atoms with Crippen LogP contribution in [0.15, 0.2) is 493 Å². The molecule has 0 fully saturated rings. The van der Waals surface area contributed by atoms with Crippen LogP contribution in [0.5, 0.6) is 0 Å². The summed E-state index contributed by atoms with van der Waals surface area (Å²) in [5, 5.41) is 7.21. The number of benzene rings is 19. The fourth-order valence-corrected chi connectivity index (χ4v) is 19.5. The average molecular weight is 1910 g/mol. The summed E-state index contributed by atoms with van der Waals surface area (Å²) in [4.78, 5) is 74.4. The van der Waals surface area contributed by atoms with Gasteiger partial charge in [-0.3, -0.25) is 9.97 Å². The SMILES string of the molecule is c1ccc(-c2ccc(-c3nc(-c4ccccc4)nc(-c4cccc(-c5cc6c(cn5)oc5c7ccccc7cnc65)c4)n3)cc2)cc1.c1ccc(-c2ccc(-c3nc(-c4ccccc4)nc(-c4cccc(-c5ccc6nc7cc8c(cc7nc6c5)oc5ccccc58)c4)n3)cc2)cc1.c1ccc(-c2ccc(-c3nc(-c4ccccc4)nc(-c4cccc(-c5cccc6nc7cc8oc9ccccc9c8cc7nc56)c4)n3)cc2)cc1. The number of hydrogen-bond acceptors (Lipinski definition) is 18. The molecule has 0 atom stereocenters. The van der Waals surface area contributed by atoms with Crippen molar-refractivity contribution in [3.63, 3.8) is 0 Å². The zero-order valence-corrected chi connectivity index (χ0v) is 79.5. The molecule has 29 rings (SSSR count). The summed E-state index contributed by atoms with van der Waals surface area (Å²) in [5.41, 5.74) is 33.0. The predicted molar refractivity (Wildman–Crippen MR) is 597 cm³/mol. The van der Waals surface area contributed by atoms with Gasteiger partial charge in [-0.05, 0) is 117 Å². The minimum atomic E-state index is 0.589. The molecule has 10 aromatic heterocycles. The van der Waals surface area contributed by atoms with Gasteiger partial charge in [0.15, 0.2) is 63.6 Å². The summed E-state index contributed by atoms with van der Waals surface area (Å²) in [6.45, 7) is 0. The summed E-state index contributed by atoms with van der Waals surface area (Å²) in [7, 11) is 0. The summed E-state index contributed by atoms with van der Waals surface area (Å²) in [5.74, 6) is 5.50. The molecule has 0 unspecified atom stereocenters. The summed E-state index contributed by atoms with van der Waals surface area (Å²) >= 11 is 0. The molecule has 19 aromatic carbocycles. The minimum Gasteiger partial charge on any atom is -0.456 e. The number of rotatable bonds is 15. The third kappa shape index (κ3) is 17.2. The van der Waals surface area contributed by atoms with Gasteiger partial charge in [-0.2, -0.15) is 0 Å². The van der Waals surface area contributed by atoms with Crippen molar-refractivity contribution in [2.75, 3.05) is 0 Å². The van der Waals surface area contributed by atoms with Gasteiger partial charge < -0.3 is 13.3 Å². The molecule has 0 saturated heterocycles. The molecule has 29 aromatic rings. The monoisotopic (exact) mass is 1910 g/mol. The van der Waals surface area contributed by atoms with Crippen molar-refractivity contribution in [1.29, 1.82) is 0 Å². The first-order valence-electron chi connectivity index (χ1n) is 49.1. The van der Waals surface area contributed by atoms with Gasteiger partial charge in [-0.25, -0.2) is 64.8 Å². The van der Waals surface area contributed by atoms with Gasteiger partial charge in [0, 0.05) is 112 Å². The second kappa shape index (κ2) is 37.7. The minimum absolute atomic E-state index is 0.589. The van der Waals surface area contributed by atoms with E-state index in [0.29, 0.717) is 58.0 Å². The Hall–Kier alpha value is -20.6. The maximum Gasteiger partial charge on any atom is 0.164 e. The van der Waals surface area contributed by atoms with E-state index in [1.54, 1.807) is 6.20 Å². The Morgan fingerprint density at radius 2 is 0.463 bits per heavy atom. The first-order valence-corrected chi connectivity index (χ1v) is 49.1. The van der Waals surface area contributed by atoms with Gasteiger partial charge in [0.25, 0.3) is 0 Å². The van der Waals surface area contributed by atoms with Crippen LogP contribution in [0.3, 0.4) is 0 Å². The third-order valence-electron chi connectivity index (χ3n) is 27.0. The zero-order chi connectivity index (χ0) is 98.6. The molecule has 0 aliphatic heterocycles. The van der Waals surface area contributed by atoms with Gasteiger partial charge in [-0.15, -0.1) is 0 Å². The lowest BCUT2D eigenvalue weighted by Gasteiger charge is -2.11. The number of pyridine rings is 2. The van der Waals surface area contributed by atoms with Crippen molar-refractivity contribution in [2.24, 2.45) is 0 Å². The zero-order valence-electron chi connectivity index (χ0n) is 79.5. The standard InChI is InChI=1S/2C45H27N5O.C41H25N5O/c1-3-11-28(12-4-1)29-21-23-31(24-22-29)44-48-43(30-13-5-2-6-14-30)49-45(50-44)33-16-9-15-32(25-33)34-18-10-19-37-42(34)47-38-26-36-35-17-7-8-20-40(35)51-41(36)27-39(38)46-37;1-3-10-28(11-4-1)29-18-20-31(21-19-29)44-48-43(30-12-5-2-6-13-30)49-45(50-44)34-15-9-14-32(24-34)33-22-23-37-38(25-33)47-40-27-42-36(26-39(40)46-37)35-16-7-8-17-41(35)51-42;1-3-10-26(11-4-1)27-18-20-29(21-19-27)40-44-39(28-12-5-2-6-13-28)45-41(46-40)31-16-9-15-30(22-31)35-23-34-36(25-42-35)47-38-33-17-8-7-14-32(33)24-43-37(34)38/h2*1-27H;1-25H. The lowest BCUT2D eigenvalue weighted by Crippen LogP contribution is -2.00. The quantitative estimate of drug-likeness (QED) is 0.0868. The molecule has 0 aliphatic rings. The number of fused-ring (bicyclic) bond motifs is 15. The first kappa shape index (κ1) is 87.4. The van der Waals surface area contributed by atoms with E-state index in [9.17, 15) is 0 Å². The highest BCUT2D eigenvalue weighted by molar-refractivity contribution is 6.14. The lowest BCUT2D eigenvalue weighted by molar-refractivity contribution is 0.669. The predicted octanol–water partition coefficient (Wildman–Crippen LogP) is 32.5. The Morgan fingerprint density at radius 3 is 0.940 bits per heavy atom. The topological polar surface area (TPSA) is 233 Å². The Kier molecular flexibility index (Phi) is 22.1. The first-order chi connectivity index (χ1) is 73.7. The van der Waals surface area contributed by atoms with Crippen molar-refractivity contribution in [1.82, 2.24) is 74.8 Å². The van der Waals surface area contributed by atoms with Crippen molar-refractivity contribution in [3.8, 4) is 169 Å². The van der Waals surface area contributed by atoms with E-state index in [1.165, 1.54) is 5.56 Å². The van der Waals surface area contributed by atoms with E-state index in [4.69, 9.17) is 88.0 Å². The van der Waals surface area contributed by atoms with Crippen LogP contribution in [0.4, 0.5) is 0 Å². The highest BCUT2D eigenvalue weighted by Crippen LogP contribution is 2.42. The van der Waals surface area contributed by atoms with Crippen LogP contribution < -0.4 is 0 Å². The van der Waals surface area contributed by atoms with Crippen LogP contribution >= 0.6 is 0 Å². The van der Waals surface area contributed by atoms with Crippen molar-refractivity contribution in [2.45, 2.75) is 0 Å². The van der Waals surface area contributed by atoms with Crippen LogP contribution in [0, 0.1) is 0 Å². The molecule has 0 bridgehead atoms. The largest absolute Gasteiger partial charge is 0.456 e. The number of nitrogens with zero attached hydrogens (tertiary/aromatic N) is 15. The van der Waals surface area contributed by atoms with Crippen LogP contribution in [-0.2, 0) is 0 Å². The van der Waals surface area contributed by atoms with Gasteiger partial charge in [0.1, 0.15) is 27.8 Å². The number of furan rings is 3. The normalized spacial score (nSPS) is 11.5. The molecule has 149 heavy (non-hydrogen) atoms. The molecular formula is C131H79N15O3. The Labute approximate surface area is 852 Å². The van der Waals surface area contributed by atoms with E-state index in [0.717, 1.165) is 227 Å². The number of para-hydroxylation sites is 3. The van der Waals surface area contributed by atoms with Gasteiger partial charge in [0.2, 0.25) is 0 Å². The van der Waals surface area contributed by atoms with Crippen LogP contribution in [0.25, 0.3) is 290 Å². The molecule has 10 heterocycles. The summed E-state index contributed by atoms with van der Waals surface area (Å²) in [6, 6.07) is 158. The highest BCUT2D eigenvalue weighted by atomic mass is 16.3. The molecule has 0 radical (unpaired) electrons. The van der Waals surface area contributed by atoms with Gasteiger partial charge >= 0.3 is 0 Å². The van der Waals surface area contributed by atoms with Gasteiger partial charge in [0.05, 0.1) is 61.4 Å². The molecule has 0 N–H and O–H groups in total. The van der Waals surface area contributed by atoms with Crippen molar-refractivity contribution in [3.05, 3.63) is 480 Å². The van der Waals surface area contributed by atoms with E-state index in [-0.39, 0.29) is 0 Å². The molecule has 696 valence electrons. The third-order valence-corrected chi connectivity index (χ3v) is 27.0. The van der Waals surface area contributed by atoms with E-state index >= 15 is 0 Å². The second-order valence-corrected chi connectivity index (χ2v) is 36.5. The Balaban J connectivity index is 0.000000110. The van der Waals surface area contributed by atoms with Crippen LogP contribution in [0.1, 0.15) is 0 Å². The smallest absolute Gasteiger partial charge is 0.164 e. The maximum absolute atomic E-state index is 6.24. The summed E-state index contributed by atoms with van der Waals surface area (Å²) in [6.07, 6.45) is 3.67. The molecule has 0 saturated carbocycles. The van der Waals surface area contributed by atoms with Gasteiger partial charge in [-0.1, -0.05) is 388 Å². The van der Waals surface area contributed by atoms with E-state index < -0.39 is 0 Å². The molecule has 18 nitrogen and oxygen atoms in total. The van der Waals surface area contributed by atoms with E-state index in [2.05, 4.69) is 212 Å². The molecule has 0 aliphatic carbocycles. The fourth-order valence-electron chi connectivity index (χ4n) is 19.5. The van der Waals surface area contributed by atoms with E-state index in [1.807, 2.05) is 261 Å². The summed E-state index contributed by atoms with van der Waals surface area (Å²) < 4.78 is 18.5.